The number of hydrogen-bond donors (Lipinski definition) is 1. The van der Waals surface area contributed by atoms with Crippen molar-refractivity contribution < 1.29 is 5.11 Å². The molecule has 1 aliphatic carbocycles. The number of fused-ring (bicyclic) bond motifs is 3. The van der Waals surface area contributed by atoms with Crippen LogP contribution in [0.2, 0.25) is 0 Å². The summed E-state index contributed by atoms with van der Waals surface area (Å²) in [5.41, 5.74) is 3.83. The minimum absolute atomic E-state index is 0.180. The van der Waals surface area contributed by atoms with Crippen LogP contribution in [0.25, 0.3) is 11.3 Å². The fourth-order valence-electron chi connectivity index (χ4n) is 3.82. The normalized spacial score (nSPS) is 29.0. The minimum atomic E-state index is -0.180. The Labute approximate surface area is 112 Å². The van der Waals surface area contributed by atoms with Crippen molar-refractivity contribution in [3.63, 3.8) is 0 Å². The minimum Gasteiger partial charge on any atom is -0.393 e. The van der Waals surface area contributed by atoms with Crippen LogP contribution in [0, 0.1) is 5.92 Å². The number of benzene rings is 1. The van der Waals surface area contributed by atoms with E-state index in [1.54, 1.807) is 0 Å². The summed E-state index contributed by atoms with van der Waals surface area (Å²) in [5.74, 6) is 0.324. The SMILES string of the molecule is O[C@H]1CCCC[C@@H]1[C@H]1c2ccccc2-c2cncn21. The molecule has 2 aromatic rings. The Balaban J connectivity index is 1.84. The molecule has 3 nitrogen and oxygen atoms in total. The fraction of sp³-hybridized carbons (Fsp3) is 0.438. The van der Waals surface area contributed by atoms with Crippen LogP contribution in [0.4, 0.5) is 0 Å². The number of aromatic nitrogens is 2. The van der Waals surface area contributed by atoms with Gasteiger partial charge < -0.3 is 9.67 Å². The molecule has 0 saturated heterocycles. The second-order valence-corrected chi connectivity index (χ2v) is 5.73. The first-order chi connectivity index (χ1) is 9.36. The highest BCUT2D eigenvalue weighted by Crippen LogP contribution is 2.46. The summed E-state index contributed by atoms with van der Waals surface area (Å²) in [5, 5.41) is 10.4. The van der Waals surface area contributed by atoms with Crippen LogP contribution in [-0.2, 0) is 0 Å². The van der Waals surface area contributed by atoms with Crippen LogP contribution < -0.4 is 0 Å². The van der Waals surface area contributed by atoms with Gasteiger partial charge in [0.25, 0.3) is 0 Å². The topological polar surface area (TPSA) is 38.1 Å². The van der Waals surface area contributed by atoms with Gasteiger partial charge in [0.1, 0.15) is 0 Å². The van der Waals surface area contributed by atoms with E-state index in [1.807, 2.05) is 12.5 Å². The molecule has 1 saturated carbocycles. The molecule has 0 radical (unpaired) electrons. The third kappa shape index (κ3) is 1.58. The van der Waals surface area contributed by atoms with E-state index >= 15 is 0 Å². The predicted octanol–water partition coefficient (Wildman–Crippen LogP) is 3.00. The number of aliphatic hydroxyl groups is 1. The van der Waals surface area contributed by atoms with Crippen molar-refractivity contribution in [1.82, 2.24) is 9.55 Å². The third-order valence-electron chi connectivity index (χ3n) is 4.71. The highest BCUT2D eigenvalue weighted by Gasteiger charge is 2.38. The van der Waals surface area contributed by atoms with Crippen LogP contribution in [0.15, 0.2) is 36.8 Å². The molecule has 19 heavy (non-hydrogen) atoms. The van der Waals surface area contributed by atoms with E-state index in [9.17, 15) is 5.11 Å². The van der Waals surface area contributed by atoms with Crippen LogP contribution in [0.5, 0.6) is 0 Å². The van der Waals surface area contributed by atoms with Gasteiger partial charge in [-0.05, 0) is 18.4 Å². The molecule has 0 unspecified atom stereocenters. The molecule has 98 valence electrons. The summed E-state index contributed by atoms with van der Waals surface area (Å²) in [4.78, 5) is 4.29. The van der Waals surface area contributed by atoms with Gasteiger partial charge in [-0.3, -0.25) is 0 Å². The van der Waals surface area contributed by atoms with E-state index in [2.05, 4.69) is 33.8 Å². The third-order valence-corrected chi connectivity index (χ3v) is 4.71. The molecule has 4 rings (SSSR count). The maximum Gasteiger partial charge on any atom is 0.0956 e. The van der Waals surface area contributed by atoms with Gasteiger partial charge >= 0.3 is 0 Å². The average molecular weight is 254 g/mol. The molecule has 2 aliphatic rings. The highest BCUT2D eigenvalue weighted by molar-refractivity contribution is 5.69. The quantitative estimate of drug-likeness (QED) is 0.849. The van der Waals surface area contributed by atoms with Crippen molar-refractivity contribution >= 4 is 0 Å². The van der Waals surface area contributed by atoms with Crippen LogP contribution in [-0.4, -0.2) is 20.8 Å². The molecule has 3 heteroatoms. The summed E-state index contributed by atoms with van der Waals surface area (Å²) in [6.07, 6.45) is 8.11. The zero-order valence-electron chi connectivity index (χ0n) is 10.9. The molecular weight excluding hydrogens is 236 g/mol. The zero-order chi connectivity index (χ0) is 12.8. The van der Waals surface area contributed by atoms with E-state index in [1.165, 1.54) is 23.2 Å². The number of aliphatic hydroxyl groups excluding tert-OH is 1. The monoisotopic (exact) mass is 254 g/mol. The highest BCUT2D eigenvalue weighted by atomic mass is 16.3. The molecular formula is C16H18N2O. The molecule has 0 spiro atoms. The maximum absolute atomic E-state index is 10.4. The van der Waals surface area contributed by atoms with Gasteiger partial charge in [0.15, 0.2) is 0 Å². The fourth-order valence-corrected chi connectivity index (χ4v) is 3.82. The molecule has 3 atom stereocenters. The lowest BCUT2D eigenvalue weighted by Crippen LogP contribution is -2.31. The van der Waals surface area contributed by atoms with Crippen LogP contribution >= 0.6 is 0 Å². The smallest absolute Gasteiger partial charge is 0.0956 e. The lowest BCUT2D eigenvalue weighted by molar-refractivity contribution is 0.0504. The lowest BCUT2D eigenvalue weighted by Gasteiger charge is -2.33. The number of rotatable bonds is 1. The van der Waals surface area contributed by atoms with Crippen LogP contribution in [0.3, 0.4) is 0 Å². The molecule has 2 heterocycles. The van der Waals surface area contributed by atoms with Crippen molar-refractivity contribution in [2.45, 2.75) is 37.8 Å². The number of hydrogen-bond acceptors (Lipinski definition) is 2. The van der Waals surface area contributed by atoms with E-state index < -0.39 is 0 Å². The molecule has 0 bridgehead atoms. The first-order valence-electron chi connectivity index (χ1n) is 7.15. The Morgan fingerprint density at radius 3 is 2.89 bits per heavy atom. The van der Waals surface area contributed by atoms with Gasteiger partial charge in [0.2, 0.25) is 0 Å². The van der Waals surface area contributed by atoms with E-state index in [0.717, 1.165) is 19.3 Å². The van der Waals surface area contributed by atoms with Crippen LogP contribution in [0.1, 0.15) is 37.3 Å². The maximum atomic E-state index is 10.4. The lowest BCUT2D eigenvalue weighted by atomic mass is 9.79. The first-order valence-corrected chi connectivity index (χ1v) is 7.15. The Kier molecular flexibility index (Phi) is 2.49. The zero-order valence-corrected chi connectivity index (χ0v) is 10.9. The standard InChI is InChI=1S/C16H18N2O/c19-15-8-4-3-7-13(15)16-12-6-2-1-5-11(12)14-9-17-10-18(14)16/h1-2,5-6,9-10,13,15-16,19H,3-4,7-8H2/t13-,15-,16+/m0/s1. The van der Waals surface area contributed by atoms with Crippen molar-refractivity contribution in [2.24, 2.45) is 5.92 Å². The number of imidazole rings is 1. The van der Waals surface area contributed by atoms with Crippen molar-refractivity contribution in [1.29, 1.82) is 0 Å². The Morgan fingerprint density at radius 2 is 2.00 bits per heavy atom. The summed E-state index contributed by atoms with van der Waals surface area (Å²) in [7, 11) is 0. The van der Waals surface area contributed by atoms with Gasteiger partial charge in [-0.25, -0.2) is 4.98 Å². The molecule has 1 N–H and O–H groups in total. The number of nitrogens with zero attached hydrogens (tertiary/aromatic N) is 2. The first kappa shape index (κ1) is 11.2. The van der Waals surface area contributed by atoms with Gasteiger partial charge in [-0.2, -0.15) is 0 Å². The van der Waals surface area contributed by atoms with Gasteiger partial charge in [0.05, 0.1) is 30.4 Å². The Morgan fingerprint density at radius 1 is 1.16 bits per heavy atom. The Hall–Kier alpha value is -1.61. The van der Waals surface area contributed by atoms with Gasteiger partial charge in [0, 0.05) is 11.5 Å². The van der Waals surface area contributed by atoms with Gasteiger partial charge in [-0.1, -0.05) is 37.1 Å². The van der Waals surface area contributed by atoms with E-state index in [0.29, 0.717) is 5.92 Å². The molecule has 1 fully saturated rings. The summed E-state index contributed by atoms with van der Waals surface area (Å²) >= 11 is 0. The molecule has 0 amide bonds. The summed E-state index contributed by atoms with van der Waals surface area (Å²) in [6.45, 7) is 0. The Bertz CT molecular complexity index is 604. The van der Waals surface area contributed by atoms with E-state index in [-0.39, 0.29) is 12.1 Å². The second-order valence-electron chi connectivity index (χ2n) is 5.73. The van der Waals surface area contributed by atoms with Crippen molar-refractivity contribution in [3.8, 4) is 11.3 Å². The van der Waals surface area contributed by atoms with E-state index in [4.69, 9.17) is 0 Å². The predicted molar refractivity (Wildman–Crippen MR) is 73.8 cm³/mol. The average Bonchev–Trinajstić information content (AvgIpc) is 3.00. The van der Waals surface area contributed by atoms with Gasteiger partial charge in [-0.15, -0.1) is 0 Å². The summed E-state index contributed by atoms with van der Waals surface area (Å²) in [6, 6.07) is 8.81. The largest absolute Gasteiger partial charge is 0.393 e. The second kappa shape index (κ2) is 4.20. The molecule has 1 aromatic heterocycles. The molecule has 1 aliphatic heterocycles. The summed E-state index contributed by atoms with van der Waals surface area (Å²) < 4.78 is 2.25. The van der Waals surface area contributed by atoms with Crippen molar-refractivity contribution in [2.75, 3.05) is 0 Å². The van der Waals surface area contributed by atoms with Crippen molar-refractivity contribution in [3.05, 3.63) is 42.4 Å². The molecule has 1 aromatic carbocycles.